The van der Waals surface area contributed by atoms with E-state index in [9.17, 15) is 0 Å². The fourth-order valence-electron chi connectivity index (χ4n) is 1.96. The van der Waals surface area contributed by atoms with E-state index in [1.165, 1.54) is 16.8 Å². The lowest BCUT2D eigenvalue weighted by atomic mass is 10.1. The molecule has 0 fully saturated rings. The standard InChI is InChI=1S/C17H30N4.HI/c1-7-14(4)20-17(18-8-2)19-12-15-9-10-16(21(5)6)11-13(15)3;/h9-11,14H,7-8,12H2,1-6H3,(H2,18,19,20);1H. The van der Waals surface area contributed by atoms with Crippen molar-refractivity contribution in [2.24, 2.45) is 4.99 Å². The number of nitrogens with zero attached hydrogens (tertiary/aromatic N) is 2. The summed E-state index contributed by atoms with van der Waals surface area (Å²) in [5.74, 6) is 0.892. The van der Waals surface area contributed by atoms with Gasteiger partial charge in [0.05, 0.1) is 6.54 Å². The maximum absolute atomic E-state index is 4.69. The molecule has 2 N–H and O–H groups in total. The molecule has 0 aliphatic carbocycles. The first-order chi connectivity index (χ1) is 9.97. The fraction of sp³-hybridized carbons (Fsp3) is 0.588. The Morgan fingerprint density at radius 2 is 1.95 bits per heavy atom. The number of hydrogen-bond donors (Lipinski definition) is 2. The summed E-state index contributed by atoms with van der Waals surface area (Å²) in [4.78, 5) is 6.81. The number of halogens is 1. The summed E-state index contributed by atoms with van der Waals surface area (Å²) in [6, 6.07) is 6.95. The lowest BCUT2D eigenvalue weighted by molar-refractivity contribution is 0.624. The van der Waals surface area contributed by atoms with Crippen molar-refractivity contribution >= 4 is 35.6 Å². The Bertz CT molecular complexity index is 472. The highest BCUT2D eigenvalue weighted by Crippen LogP contribution is 2.17. The highest BCUT2D eigenvalue weighted by atomic mass is 127. The van der Waals surface area contributed by atoms with E-state index in [4.69, 9.17) is 0 Å². The van der Waals surface area contributed by atoms with Crippen LogP contribution in [0.25, 0.3) is 0 Å². The molecule has 1 unspecified atom stereocenters. The number of hydrogen-bond acceptors (Lipinski definition) is 2. The molecule has 0 radical (unpaired) electrons. The monoisotopic (exact) mass is 418 g/mol. The van der Waals surface area contributed by atoms with Crippen molar-refractivity contribution in [1.82, 2.24) is 10.6 Å². The van der Waals surface area contributed by atoms with Gasteiger partial charge in [-0.15, -0.1) is 24.0 Å². The van der Waals surface area contributed by atoms with Gasteiger partial charge in [-0.05, 0) is 50.5 Å². The molecule has 0 spiro atoms. The van der Waals surface area contributed by atoms with Crippen LogP contribution >= 0.6 is 24.0 Å². The molecular formula is C17H31IN4. The molecule has 22 heavy (non-hydrogen) atoms. The van der Waals surface area contributed by atoms with Gasteiger partial charge in [0.1, 0.15) is 0 Å². The number of rotatable bonds is 6. The van der Waals surface area contributed by atoms with Gasteiger partial charge in [0.25, 0.3) is 0 Å². The first-order valence-corrected chi connectivity index (χ1v) is 7.79. The molecule has 0 bridgehead atoms. The normalized spacial score (nSPS) is 12.4. The van der Waals surface area contributed by atoms with E-state index in [2.05, 4.69) is 80.5 Å². The van der Waals surface area contributed by atoms with Crippen LogP contribution in [0.1, 0.15) is 38.3 Å². The summed E-state index contributed by atoms with van der Waals surface area (Å²) in [7, 11) is 4.12. The van der Waals surface area contributed by atoms with Crippen LogP contribution in [0.15, 0.2) is 23.2 Å². The average molecular weight is 418 g/mol. The quantitative estimate of drug-likeness (QED) is 0.422. The molecule has 0 amide bonds. The van der Waals surface area contributed by atoms with Crippen molar-refractivity contribution in [2.75, 3.05) is 25.5 Å². The summed E-state index contributed by atoms with van der Waals surface area (Å²) < 4.78 is 0. The van der Waals surface area contributed by atoms with Crippen LogP contribution in [0, 0.1) is 6.92 Å². The summed E-state index contributed by atoms with van der Waals surface area (Å²) in [6.07, 6.45) is 1.08. The number of guanidine groups is 1. The van der Waals surface area contributed by atoms with Crippen molar-refractivity contribution in [3.8, 4) is 0 Å². The van der Waals surface area contributed by atoms with E-state index in [0.29, 0.717) is 12.6 Å². The van der Waals surface area contributed by atoms with Crippen molar-refractivity contribution < 1.29 is 0 Å². The Balaban J connectivity index is 0.00000441. The molecule has 126 valence electrons. The zero-order valence-corrected chi connectivity index (χ0v) is 17.1. The van der Waals surface area contributed by atoms with Crippen LogP contribution in [0.5, 0.6) is 0 Å². The summed E-state index contributed by atoms with van der Waals surface area (Å²) >= 11 is 0. The van der Waals surface area contributed by atoms with E-state index in [0.717, 1.165) is 18.9 Å². The smallest absolute Gasteiger partial charge is 0.191 e. The molecule has 1 rings (SSSR count). The summed E-state index contributed by atoms with van der Waals surface area (Å²) in [5, 5.41) is 6.72. The number of benzene rings is 1. The first-order valence-electron chi connectivity index (χ1n) is 7.79. The zero-order valence-electron chi connectivity index (χ0n) is 14.7. The number of anilines is 1. The summed E-state index contributed by atoms with van der Waals surface area (Å²) in [6.45, 7) is 10.2. The lowest BCUT2D eigenvalue weighted by Gasteiger charge is -2.17. The minimum absolute atomic E-state index is 0. The highest BCUT2D eigenvalue weighted by Gasteiger charge is 2.04. The number of aliphatic imine (C=N–C) groups is 1. The molecule has 0 heterocycles. The molecule has 1 aromatic rings. The second-order valence-electron chi connectivity index (χ2n) is 5.65. The van der Waals surface area contributed by atoms with E-state index >= 15 is 0 Å². The third-order valence-corrected chi connectivity index (χ3v) is 3.59. The highest BCUT2D eigenvalue weighted by molar-refractivity contribution is 14.0. The second kappa shape index (κ2) is 10.7. The molecule has 0 saturated heterocycles. The molecule has 0 aliphatic rings. The topological polar surface area (TPSA) is 39.7 Å². The predicted octanol–water partition coefficient (Wildman–Crippen LogP) is 3.53. The van der Waals surface area contributed by atoms with Gasteiger partial charge in [0, 0.05) is 32.4 Å². The van der Waals surface area contributed by atoms with Gasteiger partial charge in [-0.25, -0.2) is 4.99 Å². The van der Waals surface area contributed by atoms with Gasteiger partial charge in [-0.2, -0.15) is 0 Å². The third-order valence-electron chi connectivity index (χ3n) is 3.59. The van der Waals surface area contributed by atoms with Crippen LogP contribution in [0.3, 0.4) is 0 Å². The van der Waals surface area contributed by atoms with Crippen molar-refractivity contribution in [3.05, 3.63) is 29.3 Å². The lowest BCUT2D eigenvalue weighted by Crippen LogP contribution is -2.41. The fourth-order valence-corrected chi connectivity index (χ4v) is 1.96. The van der Waals surface area contributed by atoms with E-state index in [1.807, 2.05) is 0 Å². The van der Waals surface area contributed by atoms with Gasteiger partial charge in [0.2, 0.25) is 0 Å². The first kappa shape index (κ1) is 21.0. The SMILES string of the molecule is CCNC(=NCc1ccc(N(C)C)cc1C)NC(C)CC.I. The maximum Gasteiger partial charge on any atom is 0.191 e. The van der Waals surface area contributed by atoms with Gasteiger partial charge >= 0.3 is 0 Å². The Morgan fingerprint density at radius 1 is 1.27 bits per heavy atom. The molecule has 1 atom stereocenters. The molecule has 0 saturated carbocycles. The van der Waals surface area contributed by atoms with E-state index in [1.54, 1.807) is 0 Å². The average Bonchev–Trinajstić information content (AvgIpc) is 2.45. The Morgan fingerprint density at radius 3 is 2.45 bits per heavy atom. The molecule has 0 aromatic heterocycles. The minimum Gasteiger partial charge on any atom is -0.378 e. The van der Waals surface area contributed by atoms with Crippen LogP contribution in [0.4, 0.5) is 5.69 Å². The van der Waals surface area contributed by atoms with Gasteiger partial charge in [-0.1, -0.05) is 13.0 Å². The second-order valence-corrected chi connectivity index (χ2v) is 5.65. The zero-order chi connectivity index (χ0) is 15.8. The van der Waals surface area contributed by atoms with Crippen molar-refractivity contribution in [1.29, 1.82) is 0 Å². The molecular weight excluding hydrogens is 387 g/mol. The van der Waals surface area contributed by atoms with Crippen molar-refractivity contribution in [2.45, 2.75) is 46.7 Å². The van der Waals surface area contributed by atoms with Crippen LogP contribution in [0.2, 0.25) is 0 Å². The van der Waals surface area contributed by atoms with Crippen LogP contribution in [-0.2, 0) is 6.54 Å². The van der Waals surface area contributed by atoms with Gasteiger partial charge in [-0.3, -0.25) is 0 Å². The maximum atomic E-state index is 4.69. The number of nitrogens with one attached hydrogen (secondary N) is 2. The molecule has 1 aromatic carbocycles. The Labute approximate surface area is 152 Å². The molecule has 4 nitrogen and oxygen atoms in total. The van der Waals surface area contributed by atoms with Gasteiger partial charge < -0.3 is 15.5 Å². The molecule has 5 heteroatoms. The van der Waals surface area contributed by atoms with Gasteiger partial charge in [0.15, 0.2) is 5.96 Å². The van der Waals surface area contributed by atoms with Crippen molar-refractivity contribution in [3.63, 3.8) is 0 Å². The van der Waals surface area contributed by atoms with E-state index in [-0.39, 0.29) is 24.0 Å². The molecule has 0 aliphatic heterocycles. The Hall–Kier alpha value is -0.980. The number of aryl methyl sites for hydroxylation is 1. The van der Waals surface area contributed by atoms with Crippen LogP contribution < -0.4 is 15.5 Å². The summed E-state index contributed by atoms with van der Waals surface area (Å²) in [5.41, 5.74) is 3.77. The minimum atomic E-state index is 0. The van der Waals surface area contributed by atoms with Crippen LogP contribution in [-0.4, -0.2) is 32.6 Å². The Kier molecular flexibility index (Phi) is 10.2. The predicted molar refractivity (Wildman–Crippen MR) is 109 cm³/mol. The largest absolute Gasteiger partial charge is 0.378 e. The van der Waals surface area contributed by atoms with E-state index < -0.39 is 0 Å². The third kappa shape index (κ3) is 6.85.